The number of rotatable bonds is 3. The first kappa shape index (κ1) is 22.0. The van der Waals surface area contributed by atoms with Crippen LogP contribution in [0.3, 0.4) is 0 Å². The van der Waals surface area contributed by atoms with Gasteiger partial charge in [-0.05, 0) is 66.1 Å². The molecule has 2 atom stereocenters. The summed E-state index contributed by atoms with van der Waals surface area (Å²) in [6.07, 6.45) is 2.51. The summed E-state index contributed by atoms with van der Waals surface area (Å²) < 4.78 is 6.17. The highest BCUT2D eigenvalue weighted by molar-refractivity contribution is 6.31. The largest absolute Gasteiger partial charge is 0.491 e. The molecule has 0 radical (unpaired) electrons. The molecule has 2 heterocycles. The van der Waals surface area contributed by atoms with Crippen molar-refractivity contribution in [3.8, 4) is 16.9 Å². The Morgan fingerprint density at radius 2 is 1.76 bits per heavy atom. The molecule has 0 unspecified atom stereocenters. The molecule has 0 spiro atoms. The molecule has 170 valence electrons. The second-order valence-corrected chi connectivity index (χ2v) is 9.51. The topological polar surface area (TPSA) is 41.6 Å². The zero-order chi connectivity index (χ0) is 22.6. The van der Waals surface area contributed by atoms with Gasteiger partial charge in [-0.1, -0.05) is 66.2 Å². The van der Waals surface area contributed by atoms with Crippen molar-refractivity contribution in [2.45, 2.75) is 25.8 Å². The van der Waals surface area contributed by atoms with Gasteiger partial charge in [0, 0.05) is 24.5 Å². The van der Waals surface area contributed by atoms with Crippen LogP contribution in [0, 0.1) is 11.8 Å². The van der Waals surface area contributed by atoms with Crippen LogP contribution in [-0.4, -0.2) is 30.5 Å². The van der Waals surface area contributed by atoms with Gasteiger partial charge in [0.1, 0.15) is 5.75 Å². The fraction of sp³-hybridized carbons (Fsp3) is 0.321. The van der Waals surface area contributed by atoms with Crippen molar-refractivity contribution in [1.29, 1.82) is 0 Å². The molecule has 0 aromatic heterocycles. The van der Waals surface area contributed by atoms with Gasteiger partial charge >= 0.3 is 0 Å². The van der Waals surface area contributed by atoms with E-state index in [4.69, 9.17) is 16.3 Å². The van der Waals surface area contributed by atoms with E-state index < -0.39 is 0 Å². The molecule has 3 aromatic rings. The normalized spacial score (nSPS) is 21.3. The van der Waals surface area contributed by atoms with Crippen molar-refractivity contribution in [1.82, 2.24) is 4.90 Å². The van der Waals surface area contributed by atoms with Crippen LogP contribution in [0.2, 0.25) is 5.02 Å². The Balaban J connectivity index is 1.30. The zero-order valence-electron chi connectivity index (χ0n) is 18.7. The van der Waals surface area contributed by atoms with Gasteiger partial charge in [0.05, 0.1) is 12.3 Å². The summed E-state index contributed by atoms with van der Waals surface area (Å²) in [6, 6.07) is 24.3. The van der Waals surface area contributed by atoms with Crippen LogP contribution >= 0.6 is 11.6 Å². The lowest BCUT2D eigenvalue weighted by atomic mass is 9.81. The van der Waals surface area contributed by atoms with Crippen LogP contribution < -0.4 is 10.1 Å². The van der Waals surface area contributed by atoms with E-state index in [9.17, 15) is 4.79 Å². The monoisotopic (exact) mass is 460 g/mol. The van der Waals surface area contributed by atoms with Crippen molar-refractivity contribution in [2.24, 2.45) is 11.8 Å². The number of piperidine rings is 1. The van der Waals surface area contributed by atoms with Crippen LogP contribution in [0.4, 0.5) is 5.69 Å². The molecular formula is C28H29ClN2O2. The van der Waals surface area contributed by atoms with Gasteiger partial charge < -0.3 is 10.1 Å². The molecule has 1 saturated heterocycles. The third kappa shape index (κ3) is 5.23. The molecule has 5 rings (SSSR count). The number of hydrogen-bond donors (Lipinski definition) is 1. The number of ether oxygens (including phenoxy) is 1. The first-order chi connectivity index (χ1) is 16.2. The molecule has 1 amide bonds. The van der Waals surface area contributed by atoms with Crippen molar-refractivity contribution >= 4 is 23.2 Å². The zero-order valence-corrected chi connectivity index (χ0v) is 19.4. The standard InChI is InChI=1S/C28H29ClN2O2/c29-25-9-5-4-8-24(25)19-31-14-12-22-17-28(32)30-26-16-21(20-6-2-1-3-7-20)10-11-27(26)33-15-13-23(22)18-31/h1-11,16,22-23H,12-15,17-19H2,(H,30,32)/t22-,23-/m0/s1. The van der Waals surface area contributed by atoms with Gasteiger partial charge in [-0.25, -0.2) is 0 Å². The summed E-state index contributed by atoms with van der Waals surface area (Å²) in [5.41, 5.74) is 4.12. The number of hydrogen-bond acceptors (Lipinski definition) is 3. The smallest absolute Gasteiger partial charge is 0.224 e. The molecule has 1 fully saturated rings. The number of benzene rings is 3. The minimum absolute atomic E-state index is 0.0708. The predicted octanol–water partition coefficient (Wildman–Crippen LogP) is 6.26. The molecule has 0 saturated carbocycles. The van der Waals surface area contributed by atoms with Gasteiger partial charge in [0.2, 0.25) is 5.91 Å². The van der Waals surface area contributed by atoms with E-state index in [2.05, 4.69) is 34.5 Å². The molecule has 0 bridgehead atoms. The van der Waals surface area contributed by atoms with Gasteiger partial charge in [-0.15, -0.1) is 0 Å². The first-order valence-corrected chi connectivity index (χ1v) is 12.1. The van der Waals surface area contributed by atoms with Crippen molar-refractivity contribution in [3.05, 3.63) is 83.4 Å². The summed E-state index contributed by atoms with van der Waals surface area (Å²) in [6.45, 7) is 3.44. The third-order valence-corrected chi connectivity index (χ3v) is 7.25. The highest BCUT2D eigenvalue weighted by atomic mass is 35.5. The molecule has 4 nitrogen and oxygen atoms in total. The van der Waals surface area contributed by atoms with Crippen molar-refractivity contribution in [3.63, 3.8) is 0 Å². The summed E-state index contributed by atoms with van der Waals surface area (Å²) in [5.74, 6) is 1.61. The minimum atomic E-state index is 0.0708. The molecule has 3 aromatic carbocycles. The van der Waals surface area contributed by atoms with Crippen LogP contribution in [0.5, 0.6) is 5.75 Å². The Labute approximate surface area is 200 Å². The third-order valence-electron chi connectivity index (χ3n) is 6.88. The lowest BCUT2D eigenvalue weighted by Gasteiger charge is -2.39. The second-order valence-electron chi connectivity index (χ2n) is 9.10. The van der Waals surface area contributed by atoms with E-state index in [1.807, 2.05) is 48.5 Å². The van der Waals surface area contributed by atoms with Crippen LogP contribution in [0.1, 0.15) is 24.8 Å². The van der Waals surface area contributed by atoms with Crippen molar-refractivity contribution < 1.29 is 9.53 Å². The fourth-order valence-corrected chi connectivity index (χ4v) is 5.28. The molecule has 2 aliphatic rings. The lowest BCUT2D eigenvalue weighted by molar-refractivity contribution is -0.118. The van der Waals surface area contributed by atoms with E-state index in [0.29, 0.717) is 24.9 Å². The number of amides is 1. The molecule has 2 aliphatic heterocycles. The molecule has 0 aliphatic carbocycles. The molecule has 33 heavy (non-hydrogen) atoms. The van der Waals surface area contributed by atoms with Crippen LogP contribution in [0.25, 0.3) is 11.1 Å². The summed E-state index contributed by atoms with van der Waals surface area (Å²) >= 11 is 6.39. The highest BCUT2D eigenvalue weighted by Gasteiger charge is 2.32. The van der Waals surface area contributed by atoms with Gasteiger partial charge in [0.25, 0.3) is 0 Å². The molecule has 1 N–H and O–H groups in total. The Morgan fingerprint density at radius 3 is 2.61 bits per heavy atom. The van der Waals surface area contributed by atoms with E-state index in [1.54, 1.807) is 0 Å². The Bertz CT molecular complexity index is 1120. The maximum absolute atomic E-state index is 13.0. The van der Waals surface area contributed by atoms with E-state index in [0.717, 1.165) is 65.6 Å². The maximum Gasteiger partial charge on any atom is 0.224 e. The fourth-order valence-electron chi connectivity index (χ4n) is 5.09. The van der Waals surface area contributed by atoms with Crippen molar-refractivity contribution in [2.75, 3.05) is 25.0 Å². The van der Waals surface area contributed by atoms with Crippen LogP contribution in [-0.2, 0) is 11.3 Å². The summed E-state index contributed by atoms with van der Waals surface area (Å²) in [4.78, 5) is 15.5. The molecular weight excluding hydrogens is 432 g/mol. The van der Waals surface area contributed by atoms with Gasteiger partial charge in [0.15, 0.2) is 0 Å². The predicted molar refractivity (Wildman–Crippen MR) is 134 cm³/mol. The minimum Gasteiger partial charge on any atom is -0.491 e. The van der Waals surface area contributed by atoms with Crippen LogP contribution in [0.15, 0.2) is 72.8 Å². The number of anilines is 1. The average Bonchev–Trinajstić information content (AvgIpc) is 2.83. The van der Waals surface area contributed by atoms with Gasteiger partial charge in [-0.2, -0.15) is 0 Å². The highest BCUT2D eigenvalue weighted by Crippen LogP contribution is 2.35. The summed E-state index contributed by atoms with van der Waals surface area (Å²) in [5, 5.41) is 3.96. The van der Waals surface area contributed by atoms with E-state index in [1.165, 1.54) is 0 Å². The number of halogens is 1. The number of nitrogens with zero attached hydrogens (tertiary/aromatic N) is 1. The molecule has 5 heteroatoms. The lowest BCUT2D eigenvalue weighted by Crippen LogP contribution is -2.42. The number of nitrogens with one attached hydrogen (secondary N) is 1. The SMILES string of the molecule is O=C1C[C@@H]2CCN(Cc3ccccc3Cl)C[C@@H]2CCOc2ccc(-c3ccccc3)cc2N1. The number of fused-ring (bicyclic) bond motifs is 2. The quantitative estimate of drug-likeness (QED) is 0.501. The Kier molecular flexibility index (Phi) is 6.65. The van der Waals surface area contributed by atoms with Gasteiger partial charge in [-0.3, -0.25) is 9.69 Å². The van der Waals surface area contributed by atoms with E-state index >= 15 is 0 Å². The second kappa shape index (κ2) is 9.98. The van der Waals surface area contributed by atoms with E-state index in [-0.39, 0.29) is 5.91 Å². The summed E-state index contributed by atoms with van der Waals surface area (Å²) in [7, 11) is 0. The Morgan fingerprint density at radius 1 is 0.939 bits per heavy atom. The number of likely N-dealkylation sites (tertiary alicyclic amines) is 1. The number of carbonyl (C=O) groups excluding carboxylic acids is 1. The first-order valence-electron chi connectivity index (χ1n) is 11.7. The maximum atomic E-state index is 13.0. The average molecular weight is 461 g/mol. The number of carbonyl (C=O) groups is 1. The Hall–Kier alpha value is -2.82.